The standard InChI is InChI=1S/C17H16F2N2O2/c18-11-15(22)20-9-6-17(7-10-20)14-5-2-8-21(14)16-12(19)3-1-4-13(16)23-17/h1-5,8H,6-7,9-11H2. The molecule has 0 bridgehead atoms. The van der Waals surface area contributed by atoms with Gasteiger partial charge in [-0.15, -0.1) is 0 Å². The topological polar surface area (TPSA) is 34.5 Å². The van der Waals surface area contributed by atoms with Crippen LogP contribution in [0.1, 0.15) is 18.5 Å². The van der Waals surface area contributed by atoms with Crippen LogP contribution in [0.15, 0.2) is 36.5 Å². The molecule has 1 amide bonds. The molecular formula is C17H16F2N2O2. The van der Waals surface area contributed by atoms with Gasteiger partial charge in [-0.2, -0.15) is 0 Å². The van der Waals surface area contributed by atoms with E-state index in [4.69, 9.17) is 4.74 Å². The number of fused-ring (bicyclic) bond motifs is 4. The number of aromatic nitrogens is 1. The molecule has 2 aliphatic heterocycles. The van der Waals surface area contributed by atoms with E-state index in [-0.39, 0.29) is 5.82 Å². The number of likely N-dealkylation sites (tertiary alicyclic amines) is 1. The van der Waals surface area contributed by atoms with E-state index in [0.29, 0.717) is 37.4 Å². The Morgan fingerprint density at radius 2 is 2.00 bits per heavy atom. The first-order chi connectivity index (χ1) is 11.1. The molecule has 2 aliphatic rings. The number of benzene rings is 1. The maximum atomic E-state index is 14.2. The third-order valence-corrected chi connectivity index (χ3v) is 4.75. The molecule has 0 atom stereocenters. The van der Waals surface area contributed by atoms with E-state index in [0.717, 1.165) is 5.69 Å². The number of rotatable bonds is 1. The van der Waals surface area contributed by atoms with Crippen LogP contribution in [0.2, 0.25) is 0 Å². The Labute approximate surface area is 132 Å². The molecule has 4 nitrogen and oxygen atoms in total. The van der Waals surface area contributed by atoms with Gasteiger partial charge in [-0.05, 0) is 24.3 Å². The maximum absolute atomic E-state index is 14.2. The van der Waals surface area contributed by atoms with Crippen LogP contribution in [0.5, 0.6) is 5.75 Å². The molecule has 0 radical (unpaired) electrons. The molecule has 0 unspecified atom stereocenters. The van der Waals surface area contributed by atoms with Crippen LogP contribution < -0.4 is 4.74 Å². The van der Waals surface area contributed by atoms with Crippen molar-refractivity contribution in [3.63, 3.8) is 0 Å². The molecule has 6 heteroatoms. The van der Waals surface area contributed by atoms with Crippen molar-refractivity contribution in [1.82, 2.24) is 9.47 Å². The number of hydrogen-bond acceptors (Lipinski definition) is 2. The van der Waals surface area contributed by atoms with E-state index < -0.39 is 18.2 Å². The number of alkyl halides is 1. The molecule has 4 rings (SSSR count). The number of ether oxygens (including phenoxy) is 1. The van der Waals surface area contributed by atoms with Gasteiger partial charge >= 0.3 is 0 Å². The van der Waals surface area contributed by atoms with Gasteiger partial charge in [-0.25, -0.2) is 8.78 Å². The van der Waals surface area contributed by atoms with Gasteiger partial charge in [0, 0.05) is 32.1 Å². The second-order valence-corrected chi connectivity index (χ2v) is 5.96. The fourth-order valence-corrected chi connectivity index (χ4v) is 3.58. The van der Waals surface area contributed by atoms with Crippen molar-refractivity contribution >= 4 is 5.91 Å². The average Bonchev–Trinajstić information content (AvgIpc) is 3.05. The minimum atomic E-state index is -0.974. The Hall–Kier alpha value is -2.37. The lowest BCUT2D eigenvalue weighted by molar-refractivity contribution is -0.136. The molecule has 1 saturated heterocycles. The monoisotopic (exact) mass is 318 g/mol. The summed E-state index contributed by atoms with van der Waals surface area (Å²) in [7, 11) is 0. The first kappa shape index (κ1) is 14.2. The van der Waals surface area contributed by atoms with Crippen LogP contribution in [0, 0.1) is 5.82 Å². The fourth-order valence-electron chi connectivity index (χ4n) is 3.58. The fraction of sp³-hybridized carbons (Fsp3) is 0.353. The average molecular weight is 318 g/mol. The third-order valence-electron chi connectivity index (χ3n) is 4.75. The van der Waals surface area contributed by atoms with Crippen molar-refractivity contribution in [2.24, 2.45) is 0 Å². The van der Waals surface area contributed by atoms with Gasteiger partial charge in [0.1, 0.15) is 11.4 Å². The van der Waals surface area contributed by atoms with Crippen molar-refractivity contribution in [1.29, 1.82) is 0 Å². The normalized spacial score (nSPS) is 18.3. The van der Waals surface area contributed by atoms with Crippen LogP contribution in [0.4, 0.5) is 8.78 Å². The highest BCUT2D eigenvalue weighted by Crippen LogP contribution is 2.45. The zero-order valence-electron chi connectivity index (χ0n) is 12.5. The van der Waals surface area contributed by atoms with E-state index in [2.05, 4.69) is 0 Å². The lowest BCUT2D eigenvalue weighted by atomic mass is 9.86. The molecule has 0 aliphatic carbocycles. The van der Waals surface area contributed by atoms with Crippen molar-refractivity contribution in [2.75, 3.05) is 19.8 Å². The Morgan fingerprint density at radius 1 is 1.22 bits per heavy atom. The van der Waals surface area contributed by atoms with Crippen LogP contribution in [0.3, 0.4) is 0 Å². The van der Waals surface area contributed by atoms with Crippen LogP contribution in [-0.4, -0.2) is 35.1 Å². The van der Waals surface area contributed by atoms with Crippen molar-refractivity contribution in [3.8, 4) is 11.4 Å². The molecule has 120 valence electrons. The van der Waals surface area contributed by atoms with Crippen molar-refractivity contribution < 1.29 is 18.3 Å². The lowest BCUT2D eigenvalue weighted by Gasteiger charge is -2.44. The van der Waals surface area contributed by atoms with E-state index in [1.165, 1.54) is 11.0 Å². The zero-order chi connectivity index (χ0) is 16.0. The Morgan fingerprint density at radius 3 is 2.74 bits per heavy atom. The van der Waals surface area contributed by atoms with Crippen molar-refractivity contribution in [3.05, 3.63) is 48.0 Å². The maximum Gasteiger partial charge on any atom is 0.253 e. The summed E-state index contributed by atoms with van der Waals surface area (Å²) in [4.78, 5) is 13.0. The molecular weight excluding hydrogens is 302 g/mol. The molecule has 2 aromatic rings. The number of halogens is 2. The van der Waals surface area contributed by atoms with E-state index >= 15 is 0 Å². The summed E-state index contributed by atoms with van der Waals surface area (Å²) in [6.45, 7) is -0.116. The van der Waals surface area contributed by atoms with Crippen LogP contribution in [0.25, 0.3) is 5.69 Å². The largest absolute Gasteiger partial charge is 0.479 e. The summed E-state index contributed by atoms with van der Waals surface area (Å²) in [5.74, 6) is -0.323. The zero-order valence-corrected chi connectivity index (χ0v) is 12.5. The van der Waals surface area contributed by atoms with E-state index in [1.54, 1.807) is 12.1 Å². The number of nitrogens with zero attached hydrogens (tertiary/aromatic N) is 2. The predicted octanol–water partition coefficient (Wildman–Crippen LogP) is 2.80. The highest BCUT2D eigenvalue weighted by atomic mass is 19.1. The molecule has 0 saturated carbocycles. The highest BCUT2D eigenvalue weighted by molar-refractivity contribution is 5.77. The number of para-hydroxylation sites is 1. The summed E-state index contributed by atoms with van der Waals surface area (Å²) < 4.78 is 34.8. The summed E-state index contributed by atoms with van der Waals surface area (Å²) >= 11 is 0. The minimum Gasteiger partial charge on any atom is -0.479 e. The molecule has 3 heterocycles. The van der Waals surface area contributed by atoms with Crippen molar-refractivity contribution in [2.45, 2.75) is 18.4 Å². The minimum absolute atomic E-state index is 0.333. The predicted molar refractivity (Wildman–Crippen MR) is 79.8 cm³/mol. The van der Waals surface area contributed by atoms with Gasteiger partial charge < -0.3 is 14.2 Å². The van der Waals surface area contributed by atoms with E-state index in [9.17, 15) is 13.6 Å². The quantitative estimate of drug-likeness (QED) is 0.810. The number of hydrogen-bond donors (Lipinski definition) is 0. The first-order valence-corrected chi connectivity index (χ1v) is 7.64. The third kappa shape index (κ3) is 2.04. The molecule has 0 N–H and O–H groups in total. The first-order valence-electron chi connectivity index (χ1n) is 7.64. The Bertz CT molecular complexity index is 764. The number of carbonyl (C=O) groups is 1. The summed E-state index contributed by atoms with van der Waals surface area (Å²) in [5, 5.41) is 0. The van der Waals surface area contributed by atoms with Gasteiger partial charge in [-0.3, -0.25) is 4.79 Å². The van der Waals surface area contributed by atoms with Crippen LogP contribution in [-0.2, 0) is 10.4 Å². The summed E-state index contributed by atoms with van der Waals surface area (Å²) in [6.07, 6.45) is 2.93. The summed E-state index contributed by atoms with van der Waals surface area (Å²) in [5.41, 5.74) is 0.694. The second kappa shape index (κ2) is 5.08. The molecule has 23 heavy (non-hydrogen) atoms. The molecule has 1 fully saturated rings. The van der Waals surface area contributed by atoms with Gasteiger partial charge in [-0.1, -0.05) is 6.07 Å². The Kier molecular flexibility index (Phi) is 3.14. The lowest BCUT2D eigenvalue weighted by Crippen LogP contribution is -2.50. The smallest absolute Gasteiger partial charge is 0.253 e. The Balaban J connectivity index is 1.72. The number of amides is 1. The SMILES string of the molecule is O=C(CF)N1CCC2(CC1)Oc1cccc(F)c1-n1cccc12. The van der Waals surface area contributed by atoms with Gasteiger partial charge in [0.05, 0.1) is 5.69 Å². The van der Waals surface area contributed by atoms with Crippen LogP contribution >= 0.6 is 0 Å². The van der Waals surface area contributed by atoms with Gasteiger partial charge in [0.15, 0.2) is 18.1 Å². The highest BCUT2D eigenvalue weighted by Gasteiger charge is 2.45. The van der Waals surface area contributed by atoms with E-state index in [1.807, 2.05) is 22.9 Å². The summed E-state index contributed by atoms with van der Waals surface area (Å²) in [6, 6.07) is 8.57. The number of carbonyl (C=O) groups excluding carboxylic acids is 1. The van der Waals surface area contributed by atoms with Gasteiger partial charge in [0.25, 0.3) is 5.91 Å². The second-order valence-electron chi connectivity index (χ2n) is 5.96. The molecule has 1 aromatic heterocycles. The molecule has 1 spiro atoms. The van der Waals surface area contributed by atoms with Gasteiger partial charge in [0.2, 0.25) is 0 Å². The molecule has 1 aromatic carbocycles. The number of piperidine rings is 1.